The van der Waals surface area contributed by atoms with E-state index in [1.807, 2.05) is 18.7 Å². The van der Waals surface area contributed by atoms with Gasteiger partial charge in [0.1, 0.15) is 0 Å². The minimum Gasteiger partial charge on any atom is -0.354 e. The van der Waals surface area contributed by atoms with Gasteiger partial charge >= 0.3 is 0 Å². The van der Waals surface area contributed by atoms with Crippen molar-refractivity contribution < 1.29 is 4.79 Å². The lowest BCUT2D eigenvalue weighted by Gasteiger charge is -2.27. The Morgan fingerprint density at radius 2 is 2.12 bits per heavy atom. The molecule has 1 saturated carbocycles. The summed E-state index contributed by atoms with van der Waals surface area (Å²) in [5, 5.41) is 3.08. The molecule has 0 aliphatic heterocycles. The predicted molar refractivity (Wildman–Crippen MR) is 70.6 cm³/mol. The predicted octanol–water partition coefficient (Wildman–Crippen LogP) is 1.76. The minimum absolute atomic E-state index is 0.0136. The summed E-state index contributed by atoms with van der Waals surface area (Å²) in [4.78, 5) is 11.8. The first-order valence-electron chi connectivity index (χ1n) is 6.20. The Morgan fingerprint density at radius 1 is 1.50 bits per heavy atom. The number of rotatable bonds is 6. The van der Waals surface area contributed by atoms with Gasteiger partial charge < -0.3 is 11.1 Å². The average Bonchev–Trinajstić information content (AvgIpc) is 2.77. The smallest absolute Gasteiger partial charge is 0.224 e. The third-order valence-corrected chi connectivity index (χ3v) is 5.10. The van der Waals surface area contributed by atoms with E-state index < -0.39 is 0 Å². The van der Waals surface area contributed by atoms with Crippen LogP contribution in [0.5, 0.6) is 0 Å². The maximum atomic E-state index is 11.8. The topological polar surface area (TPSA) is 55.1 Å². The van der Waals surface area contributed by atoms with Crippen molar-refractivity contribution in [2.75, 3.05) is 19.3 Å². The monoisotopic (exact) mass is 244 g/mol. The lowest BCUT2D eigenvalue weighted by molar-refractivity contribution is -0.124. The molecule has 1 rings (SSSR count). The normalized spacial score (nSPS) is 20.7. The Balaban J connectivity index is 2.40. The van der Waals surface area contributed by atoms with Crippen LogP contribution in [0.2, 0.25) is 0 Å². The van der Waals surface area contributed by atoms with Crippen molar-refractivity contribution in [3.05, 3.63) is 0 Å². The molecule has 1 aliphatic rings. The molecular formula is C12H24N2OS. The van der Waals surface area contributed by atoms with Crippen LogP contribution in [0.4, 0.5) is 0 Å². The Hall–Kier alpha value is -0.220. The molecule has 1 aliphatic carbocycles. The Labute approximate surface area is 103 Å². The first-order chi connectivity index (χ1) is 7.67. The average molecular weight is 244 g/mol. The number of amides is 1. The van der Waals surface area contributed by atoms with Crippen molar-refractivity contribution in [3.63, 3.8) is 0 Å². The van der Waals surface area contributed by atoms with Crippen molar-refractivity contribution in [1.82, 2.24) is 5.32 Å². The Kier molecular flexibility index (Phi) is 5.62. The molecule has 0 radical (unpaired) electrons. The van der Waals surface area contributed by atoms with E-state index in [0.717, 1.165) is 13.0 Å². The summed E-state index contributed by atoms with van der Waals surface area (Å²) in [6.07, 6.45) is 8.03. The van der Waals surface area contributed by atoms with Crippen molar-refractivity contribution in [2.45, 2.75) is 43.8 Å². The second kappa shape index (κ2) is 6.50. The van der Waals surface area contributed by atoms with Gasteiger partial charge in [0.25, 0.3) is 0 Å². The van der Waals surface area contributed by atoms with Crippen LogP contribution >= 0.6 is 11.8 Å². The summed E-state index contributed by atoms with van der Waals surface area (Å²) in [5.41, 5.74) is 5.57. The van der Waals surface area contributed by atoms with E-state index in [2.05, 4.69) is 11.6 Å². The van der Waals surface area contributed by atoms with E-state index >= 15 is 0 Å². The number of carbonyl (C=O) groups is 1. The zero-order chi connectivity index (χ0) is 12.0. The Bertz CT molecular complexity index is 223. The first kappa shape index (κ1) is 13.8. The molecule has 0 heterocycles. The van der Waals surface area contributed by atoms with Crippen LogP contribution in [0.15, 0.2) is 0 Å². The quantitative estimate of drug-likeness (QED) is 0.748. The molecule has 1 fully saturated rings. The van der Waals surface area contributed by atoms with Crippen LogP contribution in [0.1, 0.15) is 39.0 Å². The molecule has 0 bridgehead atoms. The zero-order valence-corrected chi connectivity index (χ0v) is 11.2. The van der Waals surface area contributed by atoms with E-state index in [9.17, 15) is 4.79 Å². The molecule has 1 amide bonds. The van der Waals surface area contributed by atoms with Gasteiger partial charge in [-0.3, -0.25) is 4.79 Å². The first-order valence-corrected chi connectivity index (χ1v) is 7.43. The van der Waals surface area contributed by atoms with E-state index in [1.54, 1.807) is 0 Å². The van der Waals surface area contributed by atoms with Crippen LogP contribution in [0.25, 0.3) is 0 Å². The molecule has 16 heavy (non-hydrogen) atoms. The molecule has 0 aromatic heterocycles. The molecule has 0 spiro atoms. The highest BCUT2D eigenvalue weighted by Crippen LogP contribution is 2.39. The van der Waals surface area contributed by atoms with Gasteiger partial charge in [-0.25, -0.2) is 0 Å². The van der Waals surface area contributed by atoms with Crippen LogP contribution < -0.4 is 11.1 Å². The summed E-state index contributed by atoms with van der Waals surface area (Å²) in [7, 11) is 0. The van der Waals surface area contributed by atoms with Gasteiger partial charge in [-0.05, 0) is 25.5 Å². The Morgan fingerprint density at radius 3 is 2.56 bits per heavy atom. The van der Waals surface area contributed by atoms with Gasteiger partial charge in [0.15, 0.2) is 0 Å². The van der Waals surface area contributed by atoms with Crippen LogP contribution in [-0.2, 0) is 4.79 Å². The second-order valence-electron chi connectivity index (χ2n) is 4.65. The number of nitrogens with one attached hydrogen (secondary N) is 1. The third-order valence-electron chi connectivity index (χ3n) is 3.68. The second-order valence-corrected chi connectivity index (χ2v) is 5.93. The standard InChI is InChI=1S/C12H24N2OS/c1-3-10(8-13)11(15)14-9-12(16-2)6-4-5-7-12/h10H,3-9,13H2,1-2H3,(H,14,15). The molecule has 0 aromatic carbocycles. The molecule has 4 heteroatoms. The third kappa shape index (κ3) is 3.39. The number of carbonyl (C=O) groups excluding carboxylic acids is 1. The number of thioether (sulfide) groups is 1. The fraction of sp³-hybridized carbons (Fsp3) is 0.917. The summed E-state index contributed by atoms with van der Waals surface area (Å²) < 4.78 is 0.294. The number of nitrogens with two attached hydrogens (primary N) is 1. The van der Waals surface area contributed by atoms with Gasteiger partial charge in [0, 0.05) is 23.8 Å². The fourth-order valence-corrected chi connectivity index (χ4v) is 3.24. The van der Waals surface area contributed by atoms with Gasteiger partial charge in [0.05, 0.1) is 0 Å². The molecule has 1 unspecified atom stereocenters. The van der Waals surface area contributed by atoms with Gasteiger partial charge in [-0.15, -0.1) is 0 Å². The minimum atomic E-state index is -0.0136. The molecule has 1 atom stereocenters. The number of hydrogen-bond acceptors (Lipinski definition) is 3. The maximum absolute atomic E-state index is 11.8. The van der Waals surface area contributed by atoms with Crippen LogP contribution in [-0.4, -0.2) is 30.0 Å². The van der Waals surface area contributed by atoms with E-state index in [-0.39, 0.29) is 11.8 Å². The molecule has 0 saturated heterocycles. The van der Waals surface area contributed by atoms with Crippen LogP contribution in [0.3, 0.4) is 0 Å². The van der Waals surface area contributed by atoms with Crippen molar-refractivity contribution in [2.24, 2.45) is 11.7 Å². The highest BCUT2D eigenvalue weighted by atomic mass is 32.2. The highest BCUT2D eigenvalue weighted by molar-refractivity contribution is 8.00. The van der Waals surface area contributed by atoms with Gasteiger partial charge in [-0.2, -0.15) is 11.8 Å². The van der Waals surface area contributed by atoms with E-state index in [0.29, 0.717) is 11.3 Å². The molecule has 94 valence electrons. The summed E-state index contributed by atoms with van der Waals surface area (Å²) in [6, 6.07) is 0. The number of hydrogen-bond donors (Lipinski definition) is 2. The zero-order valence-electron chi connectivity index (χ0n) is 10.4. The lowest BCUT2D eigenvalue weighted by atomic mass is 10.0. The lowest BCUT2D eigenvalue weighted by Crippen LogP contribution is -2.42. The largest absolute Gasteiger partial charge is 0.354 e. The van der Waals surface area contributed by atoms with Gasteiger partial charge in [0.2, 0.25) is 5.91 Å². The van der Waals surface area contributed by atoms with Crippen LogP contribution in [0, 0.1) is 5.92 Å². The molecule has 3 nitrogen and oxygen atoms in total. The summed E-state index contributed by atoms with van der Waals surface area (Å²) in [5.74, 6) is 0.116. The highest BCUT2D eigenvalue weighted by Gasteiger charge is 2.33. The van der Waals surface area contributed by atoms with E-state index in [1.165, 1.54) is 25.7 Å². The molecule has 0 aromatic rings. The van der Waals surface area contributed by atoms with E-state index in [4.69, 9.17) is 5.73 Å². The fourth-order valence-electron chi connectivity index (χ4n) is 2.32. The van der Waals surface area contributed by atoms with Gasteiger partial charge in [-0.1, -0.05) is 19.8 Å². The summed E-state index contributed by atoms with van der Waals surface area (Å²) >= 11 is 1.90. The SMILES string of the molecule is CCC(CN)C(=O)NCC1(SC)CCCC1. The molecule has 3 N–H and O–H groups in total. The van der Waals surface area contributed by atoms with Crippen molar-refractivity contribution >= 4 is 17.7 Å². The summed E-state index contributed by atoms with van der Waals surface area (Å²) in [6.45, 7) is 3.27. The molecular weight excluding hydrogens is 220 g/mol. The maximum Gasteiger partial charge on any atom is 0.224 e. The van der Waals surface area contributed by atoms with Crippen molar-refractivity contribution in [3.8, 4) is 0 Å². The van der Waals surface area contributed by atoms with Crippen molar-refractivity contribution in [1.29, 1.82) is 0 Å².